The molecule has 2 aliphatic heterocycles. The first-order valence-corrected chi connectivity index (χ1v) is 9.00. The van der Waals surface area contributed by atoms with Crippen LogP contribution in [0.15, 0.2) is 41.4 Å². The Hall–Kier alpha value is -2.12. The number of hydrogen-bond acceptors (Lipinski definition) is 3. The fourth-order valence-electron chi connectivity index (χ4n) is 3.39. The van der Waals surface area contributed by atoms with E-state index in [1.54, 1.807) is 18.2 Å². The number of sulfonamides is 1. The van der Waals surface area contributed by atoms with E-state index in [1.165, 1.54) is 4.31 Å². The predicted molar refractivity (Wildman–Crippen MR) is 85.5 cm³/mol. The van der Waals surface area contributed by atoms with Crippen molar-refractivity contribution < 1.29 is 13.2 Å². The lowest BCUT2D eigenvalue weighted by atomic mass is 10.2. The van der Waals surface area contributed by atoms with Gasteiger partial charge in [0.05, 0.1) is 17.4 Å². The van der Waals surface area contributed by atoms with E-state index >= 15 is 0 Å². The number of benzene rings is 1. The third kappa shape index (κ3) is 2.19. The van der Waals surface area contributed by atoms with E-state index in [0.29, 0.717) is 18.8 Å². The summed E-state index contributed by atoms with van der Waals surface area (Å²) in [6.07, 6.45) is 2.21. The van der Waals surface area contributed by atoms with Crippen LogP contribution in [0.1, 0.15) is 24.2 Å². The van der Waals surface area contributed by atoms with E-state index in [0.717, 1.165) is 11.3 Å². The molecule has 0 aliphatic carbocycles. The van der Waals surface area contributed by atoms with E-state index in [2.05, 4.69) is 9.88 Å². The molecule has 23 heavy (non-hydrogen) atoms. The first-order valence-electron chi connectivity index (χ1n) is 7.56. The Labute approximate surface area is 134 Å². The van der Waals surface area contributed by atoms with Gasteiger partial charge in [-0.2, -0.15) is 4.31 Å². The van der Waals surface area contributed by atoms with E-state index in [9.17, 15) is 13.2 Å². The van der Waals surface area contributed by atoms with Crippen molar-refractivity contribution in [3.05, 3.63) is 47.8 Å². The van der Waals surface area contributed by atoms with Crippen molar-refractivity contribution in [2.24, 2.45) is 0 Å². The van der Waals surface area contributed by atoms with Crippen molar-refractivity contribution in [1.29, 1.82) is 0 Å². The fourth-order valence-corrected chi connectivity index (χ4v) is 5.04. The quantitative estimate of drug-likeness (QED) is 0.911. The van der Waals surface area contributed by atoms with Crippen molar-refractivity contribution in [3.8, 4) is 0 Å². The molecule has 1 aromatic carbocycles. The van der Waals surface area contributed by atoms with Crippen LogP contribution in [0, 0.1) is 0 Å². The monoisotopic (exact) mass is 331 g/mol. The van der Waals surface area contributed by atoms with E-state index in [-0.39, 0.29) is 23.3 Å². The number of nitrogens with one attached hydrogen (secondary N) is 1. The maximum Gasteiger partial charge on any atom is 0.243 e. The molecule has 0 radical (unpaired) electrons. The van der Waals surface area contributed by atoms with Gasteiger partial charge in [-0.1, -0.05) is 0 Å². The Morgan fingerprint density at radius 3 is 2.87 bits per heavy atom. The van der Waals surface area contributed by atoms with Crippen LogP contribution in [0.25, 0.3) is 0 Å². The Bertz CT molecular complexity index is 901. The summed E-state index contributed by atoms with van der Waals surface area (Å²) >= 11 is 0. The summed E-state index contributed by atoms with van der Waals surface area (Å²) in [7, 11) is -3.59. The second-order valence-corrected chi connectivity index (χ2v) is 7.85. The maximum atomic E-state index is 13.0. The van der Waals surface area contributed by atoms with Crippen molar-refractivity contribution in [2.45, 2.75) is 30.8 Å². The van der Waals surface area contributed by atoms with Crippen LogP contribution < -0.4 is 5.32 Å². The zero-order valence-corrected chi connectivity index (χ0v) is 13.5. The summed E-state index contributed by atoms with van der Waals surface area (Å²) in [6.45, 7) is 3.00. The highest BCUT2D eigenvalue weighted by molar-refractivity contribution is 7.89. The number of rotatable bonds is 2. The van der Waals surface area contributed by atoms with Gasteiger partial charge in [0.15, 0.2) is 0 Å². The van der Waals surface area contributed by atoms with Crippen LogP contribution in [0.2, 0.25) is 0 Å². The first-order chi connectivity index (χ1) is 11.0. The Balaban J connectivity index is 1.72. The molecule has 0 bridgehead atoms. The SMILES string of the molecule is C[C@@H]1c2cccn2CCN1S(=O)(=O)c1ccc2c(c1)CC(=O)N2. The number of carbonyl (C=O) groups is 1. The molecule has 0 saturated carbocycles. The molecule has 2 aromatic rings. The lowest BCUT2D eigenvalue weighted by Gasteiger charge is -2.34. The van der Waals surface area contributed by atoms with Gasteiger partial charge in [0.1, 0.15) is 0 Å². The van der Waals surface area contributed by atoms with Crippen LogP contribution in [0.3, 0.4) is 0 Å². The highest BCUT2D eigenvalue weighted by Gasteiger charge is 2.34. The lowest BCUT2D eigenvalue weighted by molar-refractivity contribution is -0.115. The third-order valence-electron chi connectivity index (χ3n) is 4.59. The number of amides is 1. The highest BCUT2D eigenvalue weighted by atomic mass is 32.2. The number of hydrogen-bond donors (Lipinski definition) is 1. The normalized spacial score (nSPS) is 20.9. The summed E-state index contributed by atoms with van der Waals surface area (Å²) in [4.78, 5) is 11.7. The molecule has 1 amide bonds. The predicted octanol–water partition coefficient (Wildman–Crippen LogP) is 1.75. The van der Waals surface area contributed by atoms with Gasteiger partial charge < -0.3 is 9.88 Å². The summed E-state index contributed by atoms with van der Waals surface area (Å²) in [5.74, 6) is -0.0984. The smallest absolute Gasteiger partial charge is 0.243 e. The van der Waals surface area contributed by atoms with E-state index < -0.39 is 10.0 Å². The van der Waals surface area contributed by atoms with Crippen LogP contribution in [0.5, 0.6) is 0 Å². The third-order valence-corrected chi connectivity index (χ3v) is 6.56. The highest BCUT2D eigenvalue weighted by Crippen LogP contribution is 2.33. The molecular formula is C16H17N3O3S. The first kappa shape index (κ1) is 14.5. The minimum absolute atomic E-state index is 0.0984. The standard InChI is InChI=1S/C16H17N3O3S/c1-11-15-3-2-6-18(15)7-8-19(11)23(21,22)13-4-5-14-12(9-13)10-16(20)17-14/h2-6,9,11H,7-8,10H2,1H3,(H,17,20)/t11-/m1/s1. The average Bonchev–Trinajstić information content (AvgIpc) is 3.11. The fraction of sp³-hybridized carbons (Fsp3) is 0.312. The molecule has 6 nitrogen and oxygen atoms in total. The number of fused-ring (bicyclic) bond motifs is 2. The number of nitrogens with zero attached hydrogens (tertiary/aromatic N) is 2. The topological polar surface area (TPSA) is 71.4 Å². The van der Waals surface area contributed by atoms with Crippen molar-refractivity contribution in [1.82, 2.24) is 8.87 Å². The summed E-state index contributed by atoms with van der Waals surface area (Å²) in [5.41, 5.74) is 2.44. The Morgan fingerprint density at radius 2 is 2.04 bits per heavy atom. The summed E-state index contributed by atoms with van der Waals surface area (Å²) in [5, 5.41) is 2.72. The molecule has 120 valence electrons. The molecule has 0 spiro atoms. The minimum atomic E-state index is -3.59. The van der Waals surface area contributed by atoms with Crippen LogP contribution in [-0.2, 0) is 27.8 Å². The Morgan fingerprint density at radius 1 is 1.22 bits per heavy atom. The molecule has 1 N–H and O–H groups in total. The molecule has 1 atom stereocenters. The summed E-state index contributed by atoms with van der Waals surface area (Å²) in [6, 6.07) is 8.54. The minimum Gasteiger partial charge on any atom is -0.349 e. The lowest BCUT2D eigenvalue weighted by Crippen LogP contribution is -2.40. The zero-order chi connectivity index (χ0) is 16.2. The van der Waals surface area contributed by atoms with E-state index in [4.69, 9.17) is 0 Å². The van der Waals surface area contributed by atoms with Gasteiger partial charge in [-0.15, -0.1) is 0 Å². The van der Waals surface area contributed by atoms with Gasteiger partial charge >= 0.3 is 0 Å². The van der Waals surface area contributed by atoms with Crippen molar-refractivity contribution in [2.75, 3.05) is 11.9 Å². The molecule has 1 aromatic heterocycles. The van der Waals surface area contributed by atoms with Gasteiger partial charge in [0.2, 0.25) is 15.9 Å². The summed E-state index contributed by atoms with van der Waals surface area (Å²) < 4.78 is 29.7. The second kappa shape index (κ2) is 4.94. The number of aromatic nitrogens is 1. The van der Waals surface area contributed by atoms with Crippen molar-refractivity contribution in [3.63, 3.8) is 0 Å². The maximum absolute atomic E-state index is 13.0. The number of anilines is 1. The largest absolute Gasteiger partial charge is 0.349 e. The second-order valence-electron chi connectivity index (χ2n) is 5.96. The zero-order valence-electron chi connectivity index (χ0n) is 12.7. The molecule has 7 heteroatoms. The molecule has 2 aliphatic rings. The molecule has 0 unspecified atom stereocenters. The molecule has 0 saturated heterocycles. The van der Waals surface area contributed by atoms with Gasteiger partial charge in [0, 0.05) is 30.7 Å². The molecule has 0 fully saturated rings. The van der Waals surface area contributed by atoms with E-state index in [1.807, 2.05) is 25.3 Å². The van der Waals surface area contributed by atoms with Gasteiger partial charge in [0.25, 0.3) is 0 Å². The van der Waals surface area contributed by atoms with Gasteiger partial charge in [-0.3, -0.25) is 4.79 Å². The van der Waals surface area contributed by atoms with Crippen LogP contribution >= 0.6 is 0 Å². The Kier molecular flexibility index (Phi) is 3.11. The molecule has 4 rings (SSSR count). The van der Waals surface area contributed by atoms with Gasteiger partial charge in [-0.05, 0) is 42.8 Å². The molecule has 3 heterocycles. The number of carbonyl (C=O) groups excluding carboxylic acids is 1. The van der Waals surface area contributed by atoms with Crippen LogP contribution in [0.4, 0.5) is 5.69 Å². The van der Waals surface area contributed by atoms with Crippen molar-refractivity contribution >= 4 is 21.6 Å². The molecular weight excluding hydrogens is 314 g/mol. The van der Waals surface area contributed by atoms with Crippen LogP contribution in [-0.4, -0.2) is 29.7 Å². The average molecular weight is 331 g/mol. The van der Waals surface area contributed by atoms with Gasteiger partial charge in [-0.25, -0.2) is 8.42 Å².